The molecule has 0 atom stereocenters. The molecule has 1 aliphatic heterocycles. The van der Waals surface area contributed by atoms with Gasteiger partial charge in [-0.25, -0.2) is 0 Å². The number of fused-ring (bicyclic) bond motifs is 1. The van der Waals surface area contributed by atoms with E-state index in [0.717, 1.165) is 18.7 Å². The second kappa shape index (κ2) is 5.10. The lowest BCUT2D eigenvalue weighted by Crippen LogP contribution is -2.25. The molecule has 0 saturated carbocycles. The Bertz CT molecular complexity index is 636. The maximum Gasteiger partial charge on any atom is 0.0676 e. The molecule has 1 heterocycles. The van der Waals surface area contributed by atoms with Crippen LogP contribution in [-0.2, 0) is 11.8 Å². The molecule has 2 N–H and O–H groups in total. The van der Waals surface area contributed by atoms with Crippen molar-refractivity contribution in [3.8, 4) is 0 Å². The van der Waals surface area contributed by atoms with Gasteiger partial charge in [0.25, 0.3) is 0 Å². The molecule has 1 aliphatic rings. The van der Waals surface area contributed by atoms with Crippen LogP contribution >= 0.6 is 0 Å². The third kappa shape index (κ3) is 2.63. The van der Waals surface area contributed by atoms with Crippen LogP contribution in [0.4, 0.5) is 17.1 Å². The van der Waals surface area contributed by atoms with E-state index in [1.807, 2.05) is 6.07 Å². The largest absolute Gasteiger partial charge is 0.397 e. The standard InChI is InChI=1S/C19H24N2/c1-19(2,3)15-9-11-16(12-10-15)21-13-5-7-14-6-4-8-17(20)18(14)21/h4,6,8-12H,5,7,13,20H2,1-3H3. The van der Waals surface area contributed by atoms with Gasteiger partial charge in [0, 0.05) is 12.2 Å². The summed E-state index contributed by atoms with van der Waals surface area (Å²) in [5.74, 6) is 0. The van der Waals surface area contributed by atoms with E-state index in [9.17, 15) is 0 Å². The second-order valence-electron chi connectivity index (χ2n) is 6.91. The Labute approximate surface area is 127 Å². The van der Waals surface area contributed by atoms with Crippen molar-refractivity contribution < 1.29 is 0 Å². The molecule has 110 valence electrons. The molecule has 0 aliphatic carbocycles. The molecular formula is C19H24N2. The number of anilines is 3. The molecule has 0 unspecified atom stereocenters. The van der Waals surface area contributed by atoms with Crippen LogP contribution in [0.1, 0.15) is 38.3 Å². The number of hydrogen-bond acceptors (Lipinski definition) is 2. The molecule has 0 amide bonds. The van der Waals surface area contributed by atoms with E-state index < -0.39 is 0 Å². The summed E-state index contributed by atoms with van der Waals surface area (Å²) in [6, 6.07) is 15.2. The SMILES string of the molecule is CC(C)(C)c1ccc(N2CCCc3cccc(N)c32)cc1. The van der Waals surface area contributed by atoms with Gasteiger partial charge >= 0.3 is 0 Å². The van der Waals surface area contributed by atoms with Gasteiger partial charge in [-0.3, -0.25) is 0 Å². The number of nitrogens with two attached hydrogens (primary N) is 1. The smallest absolute Gasteiger partial charge is 0.0676 e. The van der Waals surface area contributed by atoms with Gasteiger partial charge in [-0.05, 0) is 47.6 Å². The fraction of sp³-hybridized carbons (Fsp3) is 0.368. The first-order valence-electron chi connectivity index (χ1n) is 7.72. The number of para-hydroxylation sites is 1. The van der Waals surface area contributed by atoms with Crippen LogP contribution in [0.25, 0.3) is 0 Å². The van der Waals surface area contributed by atoms with Crippen molar-refractivity contribution in [3.63, 3.8) is 0 Å². The zero-order valence-corrected chi connectivity index (χ0v) is 13.2. The normalized spacial score (nSPS) is 14.9. The maximum absolute atomic E-state index is 6.23. The number of aryl methyl sites for hydroxylation is 1. The highest BCUT2D eigenvalue weighted by atomic mass is 15.1. The van der Waals surface area contributed by atoms with E-state index >= 15 is 0 Å². The molecule has 2 heteroatoms. The van der Waals surface area contributed by atoms with Crippen molar-refractivity contribution in [2.75, 3.05) is 17.2 Å². The number of nitrogen functional groups attached to an aromatic ring is 1. The summed E-state index contributed by atoms with van der Waals surface area (Å²) in [4.78, 5) is 2.36. The molecule has 0 fully saturated rings. The fourth-order valence-electron chi connectivity index (χ4n) is 3.08. The van der Waals surface area contributed by atoms with Crippen molar-refractivity contribution in [1.29, 1.82) is 0 Å². The third-order valence-electron chi connectivity index (χ3n) is 4.29. The quantitative estimate of drug-likeness (QED) is 0.770. The number of rotatable bonds is 1. The molecular weight excluding hydrogens is 256 g/mol. The summed E-state index contributed by atoms with van der Waals surface area (Å²) in [6.45, 7) is 7.78. The first-order chi connectivity index (χ1) is 9.97. The van der Waals surface area contributed by atoms with Crippen molar-refractivity contribution in [2.24, 2.45) is 0 Å². The summed E-state index contributed by atoms with van der Waals surface area (Å²) in [5.41, 5.74) is 12.5. The Morgan fingerprint density at radius 3 is 2.38 bits per heavy atom. The molecule has 0 saturated heterocycles. The highest BCUT2D eigenvalue weighted by molar-refractivity contribution is 5.79. The number of nitrogens with zero attached hydrogens (tertiary/aromatic N) is 1. The van der Waals surface area contributed by atoms with E-state index in [4.69, 9.17) is 5.73 Å². The highest BCUT2D eigenvalue weighted by Gasteiger charge is 2.21. The zero-order chi connectivity index (χ0) is 15.0. The highest BCUT2D eigenvalue weighted by Crippen LogP contribution is 2.38. The number of hydrogen-bond donors (Lipinski definition) is 1. The lowest BCUT2D eigenvalue weighted by Gasteiger charge is -2.33. The monoisotopic (exact) mass is 280 g/mol. The van der Waals surface area contributed by atoms with Crippen LogP contribution < -0.4 is 10.6 Å². The Morgan fingerprint density at radius 1 is 1.00 bits per heavy atom. The van der Waals surface area contributed by atoms with Crippen molar-refractivity contribution in [1.82, 2.24) is 0 Å². The van der Waals surface area contributed by atoms with Gasteiger partial charge in [0.1, 0.15) is 0 Å². The van der Waals surface area contributed by atoms with Gasteiger partial charge in [0.2, 0.25) is 0 Å². The van der Waals surface area contributed by atoms with Crippen molar-refractivity contribution in [3.05, 3.63) is 53.6 Å². The molecule has 21 heavy (non-hydrogen) atoms. The second-order valence-corrected chi connectivity index (χ2v) is 6.91. The molecule has 2 aromatic rings. The molecule has 2 aromatic carbocycles. The van der Waals surface area contributed by atoms with Crippen molar-refractivity contribution in [2.45, 2.75) is 39.0 Å². The summed E-state index contributed by atoms with van der Waals surface area (Å²) in [5, 5.41) is 0. The molecule has 0 spiro atoms. The average Bonchev–Trinajstić information content (AvgIpc) is 2.46. The predicted octanol–water partition coefficient (Wildman–Crippen LogP) is 4.65. The van der Waals surface area contributed by atoms with E-state index in [-0.39, 0.29) is 5.41 Å². The number of benzene rings is 2. The Morgan fingerprint density at radius 2 is 1.71 bits per heavy atom. The van der Waals surface area contributed by atoms with E-state index in [1.54, 1.807) is 0 Å². The van der Waals surface area contributed by atoms with Crippen molar-refractivity contribution >= 4 is 17.1 Å². The van der Waals surface area contributed by atoms with Gasteiger partial charge in [-0.1, -0.05) is 45.0 Å². The minimum absolute atomic E-state index is 0.192. The summed E-state index contributed by atoms with van der Waals surface area (Å²) in [6.07, 6.45) is 2.30. The topological polar surface area (TPSA) is 29.3 Å². The summed E-state index contributed by atoms with van der Waals surface area (Å²) in [7, 11) is 0. The van der Waals surface area contributed by atoms with Crippen LogP contribution in [0.3, 0.4) is 0 Å². The van der Waals surface area contributed by atoms with E-state index in [1.165, 1.54) is 28.9 Å². The van der Waals surface area contributed by atoms with Crippen LogP contribution in [-0.4, -0.2) is 6.54 Å². The third-order valence-corrected chi connectivity index (χ3v) is 4.29. The molecule has 0 aromatic heterocycles. The Kier molecular flexibility index (Phi) is 3.40. The molecule has 3 rings (SSSR count). The lowest BCUT2D eigenvalue weighted by molar-refractivity contribution is 0.590. The van der Waals surface area contributed by atoms with Crippen LogP contribution in [0.15, 0.2) is 42.5 Å². The average molecular weight is 280 g/mol. The first-order valence-corrected chi connectivity index (χ1v) is 7.72. The minimum atomic E-state index is 0.192. The lowest BCUT2D eigenvalue weighted by atomic mass is 9.87. The van der Waals surface area contributed by atoms with Crippen LogP contribution in [0.2, 0.25) is 0 Å². The predicted molar refractivity (Wildman–Crippen MR) is 91.3 cm³/mol. The van der Waals surface area contributed by atoms with Gasteiger partial charge in [-0.15, -0.1) is 0 Å². The summed E-state index contributed by atoms with van der Waals surface area (Å²) >= 11 is 0. The van der Waals surface area contributed by atoms with Crippen LogP contribution in [0.5, 0.6) is 0 Å². The Balaban J connectivity index is 2.00. The minimum Gasteiger partial charge on any atom is -0.397 e. The molecule has 2 nitrogen and oxygen atoms in total. The zero-order valence-electron chi connectivity index (χ0n) is 13.2. The Hall–Kier alpha value is -1.96. The van der Waals surface area contributed by atoms with E-state index in [2.05, 4.69) is 62.1 Å². The van der Waals surface area contributed by atoms with Crippen LogP contribution in [0, 0.1) is 0 Å². The maximum atomic E-state index is 6.23. The fourth-order valence-corrected chi connectivity index (χ4v) is 3.08. The summed E-state index contributed by atoms with van der Waals surface area (Å²) < 4.78 is 0. The first kappa shape index (κ1) is 14.0. The molecule has 0 radical (unpaired) electrons. The van der Waals surface area contributed by atoms with Gasteiger partial charge in [0.05, 0.1) is 11.4 Å². The van der Waals surface area contributed by atoms with Gasteiger partial charge in [0.15, 0.2) is 0 Å². The van der Waals surface area contributed by atoms with E-state index in [0.29, 0.717) is 0 Å². The molecule has 0 bridgehead atoms. The van der Waals surface area contributed by atoms with Gasteiger partial charge in [-0.2, -0.15) is 0 Å². The van der Waals surface area contributed by atoms with Gasteiger partial charge < -0.3 is 10.6 Å².